The van der Waals surface area contributed by atoms with Gasteiger partial charge in [0.25, 0.3) is 0 Å². The molecule has 1 aromatic heterocycles. The number of aromatic nitrogens is 1. The lowest BCUT2D eigenvalue weighted by Crippen LogP contribution is -2.34. The van der Waals surface area contributed by atoms with Crippen molar-refractivity contribution >= 4 is 21.7 Å². The summed E-state index contributed by atoms with van der Waals surface area (Å²) in [6, 6.07) is 3.76. The van der Waals surface area contributed by atoms with Crippen LogP contribution in [-0.4, -0.2) is 36.0 Å². The third-order valence-corrected chi connectivity index (χ3v) is 2.69. The predicted molar refractivity (Wildman–Crippen MR) is 67.5 cm³/mol. The lowest BCUT2D eigenvalue weighted by molar-refractivity contribution is 0.0357. The van der Waals surface area contributed by atoms with E-state index in [4.69, 9.17) is 4.74 Å². The van der Waals surface area contributed by atoms with Crippen LogP contribution in [0.3, 0.4) is 0 Å². The molecule has 1 unspecified atom stereocenters. The van der Waals surface area contributed by atoms with Crippen LogP contribution in [-0.2, 0) is 4.74 Å². The lowest BCUT2D eigenvalue weighted by atomic mass is 10.0. The van der Waals surface area contributed by atoms with E-state index in [0.29, 0.717) is 19.6 Å². The monoisotopic (exact) mass is 288 g/mol. The van der Waals surface area contributed by atoms with Gasteiger partial charge in [0.15, 0.2) is 0 Å². The van der Waals surface area contributed by atoms with Gasteiger partial charge in [0.2, 0.25) is 0 Å². The highest BCUT2D eigenvalue weighted by Crippen LogP contribution is 2.13. The predicted octanol–water partition coefficient (Wildman–Crippen LogP) is 2.04. The Bertz CT molecular complexity index is 314. The lowest BCUT2D eigenvalue weighted by Gasteiger charge is -2.23. The largest absolute Gasteiger partial charge is 0.388 e. The van der Waals surface area contributed by atoms with Crippen LogP contribution in [0.5, 0.6) is 0 Å². The summed E-state index contributed by atoms with van der Waals surface area (Å²) in [5.41, 5.74) is -0.787. The van der Waals surface area contributed by atoms with E-state index >= 15 is 0 Å². The van der Waals surface area contributed by atoms with Crippen LogP contribution in [0.15, 0.2) is 22.8 Å². The summed E-state index contributed by atoms with van der Waals surface area (Å²) in [5.74, 6) is 0.751. The molecule has 0 aromatic carbocycles. The molecule has 1 atom stereocenters. The fourth-order valence-electron chi connectivity index (χ4n) is 1.17. The Hall–Kier alpha value is -0.650. The van der Waals surface area contributed by atoms with E-state index in [-0.39, 0.29) is 0 Å². The summed E-state index contributed by atoms with van der Waals surface area (Å²) in [4.78, 5) is 4.16. The highest BCUT2D eigenvalue weighted by atomic mass is 79.9. The minimum absolute atomic E-state index is 0.449. The van der Waals surface area contributed by atoms with Crippen LogP contribution in [0.2, 0.25) is 0 Å². The van der Waals surface area contributed by atoms with E-state index in [2.05, 4.69) is 26.2 Å². The van der Waals surface area contributed by atoms with Crippen LogP contribution in [0, 0.1) is 0 Å². The van der Waals surface area contributed by atoms with Crippen LogP contribution in [0.1, 0.15) is 13.3 Å². The topological polar surface area (TPSA) is 54.4 Å². The van der Waals surface area contributed by atoms with E-state index in [1.165, 1.54) is 0 Å². The van der Waals surface area contributed by atoms with Crippen molar-refractivity contribution in [1.82, 2.24) is 4.98 Å². The molecule has 90 valence electrons. The zero-order valence-corrected chi connectivity index (χ0v) is 11.1. The fraction of sp³-hybridized carbons (Fsp3) is 0.545. The Morgan fingerprint density at radius 2 is 2.31 bits per heavy atom. The number of rotatable bonds is 6. The SMILES string of the molecule is COCCC(C)(O)CNc1ccc(Br)cn1. The number of methoxy groups -OCH3 is 1. The standard InChI is InChI=1S/C11H17BrN2O2/c1-11(15,5-6-16-2)8-14-10-4-3-9(12)7-13-10/h3-4,7,15H,5-6,8H2,1-2H3,(H,13,14). The molecule has 16 heavy (non-hydrogen) atoms. The second-order valence-corrected chi connectivity index (χ2v) is 4.87. The van der Waals surface area contributed by atoms with Crippen LogP contribution < -0.4 is 5.32 Å². The van der Waals surface area contributed by atoms with Crippen molar-refractivity contribution in [2.75, 3.05) is 25.6 Å². The van der Waals surface area contributed by atoms with Crippen molar-refractivity contribution < 1.29 is 9.84 Å². The molecule has 0 bridgehead atoms. The molecule has 0 saturated heterocycles. The van der Waals surface area contributed by atoms with Crippen LogP contribution in [0.4, 0.5) is 5.82 Å². The number of ether oxygens (including phenoxy) is 1. The maximum absolute atomic E-state index is 9.98. The van der Waals surface area contributed by atoms with Gasteiger partial charge in [-0.05, 0) is 35.0 Å². The van der Waals surface area contributed by atoms with Gasteiger partial charge in [-0.1, -0.05) is 0 Å². The van der Waals surface area contributed by atoms with Crippen LogP contribution in [0.25, 0.3) is 0 Å². The van der Waals surface area contributed by atoms with Gasteiger partial charge >= 0.3 is 0 Å². The number of hydrogen-bond acceptors (Lipinski definition) is 4. The Balaban J connectivity index is 2.41. The maximum atomic E-state index is 9.98. The Morgan fingerprint density at radius 3 is 2.88 bits per heavy atom. The average Bonchev–Trinajstić information content (AvgIpc) is 2.26. The van der Waals surface area contributed by atoms with Gasteiger partial charge < -0.3 is 15.2 Å². The summed E-state index contributed by atoms with van der Waals surface area (Å²) < 4.78 is 5.87. The molecule has 0 aliphatic rings. The molecule has 1 heterocycles. The van der Waals surface area contributed by atoms with Crippen molar-refractivity contribution in [2.45, 2.75) is 18.9 Å². The number of anilines is 1. The third-order valence-electron chi connectivity index (χ3n) is 2.22. The number of halogens is 1. The molecule has 1 rings (SSSR count). The van der Waals surface area contributed by atoms with Crippen molar-refractivity contribution in [2.24, 2.45) is 0 Å². The molecule has 0 radical (unpaired) electrons. The Kier molecular flexibility index (Phi) is 5.18. The smallest absolute Gasteiger partial charge is 0.126 e. The van der Waals surface area contributed by atoms with Crippen LogP contribution >= 0.6 is 15.9 Å². The average molecular weight is 289 g/mol. The molecule has 0 fully saturated rings. The number of aliphatic hydroxyl groups is 1. The summed E-state index contributed by atoms with van der Waals surface area (Å²) in [7, 11) is 1.62. The summed E-state index contributed by atoms with van der Waals surface area (Å²) in [6.07, 6.45) is 2.30. The molecule has 1 aromatic rings. The van der Waals surface area contributed by atoms with E-state index < -0.39 is 5.60 Å². The van der Waals surface area contributed by atoms with Crippen molar-refractivity contribution in [3.05, 3.63) is 22.8 Å². The van der Waals surface area contributed by atoms with Crippen molar-refractivity contribution in [3.63, 3.8) is 0 Å². The summed E-state index contributed by atoms with van der Waals surface area (Å²) in [5, 5.41) is 13.1. The highest BCUT2D eigenvalue weighted by Gasteiger charge is 2.19. The normalized spacial score (nSPS) is 14.5. The highest BCUT2D eigenvalue weighted by molar-refractivity contribution is 9.10. The molecule has 2 N–H and O–H groups in total. The van der Waals surface area contributed by atoms with Gasteiger partial charge in [0, 0.05) is 37.4 Å². The quantitative estimate of drug-likeness (QED) is 0.841. The third kappa shape index (κ3) is 4.92. The molecular weight excluding hydrogens is 272 g/mol. The number of nitrogens with zero attached hydrogens (tertiary/aromatic N) is 1. The van der Waals surface area contributed by atoms with E-state index in [9.17, 15) is 5.11 Å². The molecule has 0 saturated carbocycles. The number of nitrogens with one attached hydrogen (secondary N) is 1. The first kappa shape index (κ1) is 13.4. The van der Waals surface area contributed by atoms with Gasteiger partial charge in [-0.3, -0.25) is 0 Å². The van der Waals surface area contributed by atoms with E-state index in [0.717, 1.165) is 10.3 Å². The summed E-state index contributed by atoms with van der Waals surface area (Å²) in [6.45, 7) is 2.77. The summed E-state index contributed by atoms with van der Waals surface area (Å²) >= 11 is 3.31. The maximum Gasteiger partial charge on any atom is 0.126 e. The minimum Gasteiger partial charge on any atom is -0.388 e. The molecule has 0 aliphatic heterocycles. The van der Waals surface area contributed by atoms with Gasteiger partial charge in [-0.15, -0.1) is 0 Å². The van der Waals surface area contributed by atoms with E-state index in [1.54, 1.807) is 20.2 Å². The van der Waals surface area contributed by atoms with Crippen molar-refractivity contribution in [1.29, 1.82) is 0 Å². The van der Waals surface area contributed by atoms with Gasteiger partial charge in [0.1, 0.15) is 5.82 Å². The Labute approximate surface area is 104 Å². The molecular formula is C11H17BrN2O2. The first-order chi connectivity index (χ1) is 7.53. The Morgan fingerprint density at radius 1 is 1.56 bits per heavy atom. The first-order valence-corrected chi connectivity index (χ1v) is 5.89. The van der Waals surface area contributed by atoms with Crippen molar-refractivity contribution in [3.8, 4) is 0 Å². The molecule has 4 nitrogen and oxygen atoms in total. The number of pyridine rings is 1. The minimum atomic E-state index is -0.787. The zero-order valence-electron chi connectivity index (χ0n) is 9.53. The molecule has 5 heteroatoms. The molecule has 0 aliphatic carbocycles. The molecule has 0 amide bonds. The second-order valence-electron chi connectivity index (χ2n) is 3.95. The first-order valence-electron chi connectivity index (χ1n) is 5.10. The zero-order chi connectivity index (χ0) is 12.0. The van der Waals surface area contributed by atoms with E-state index in [1.807, 2.05) is 12.1 Å². The second kappa shape index (κ2) is 6.18. The van der Waals surface area contributed by atoms with Gasteiger partial charge in [-0.25, -0.2) is 4.98 Å². The number of hydrogen-bond donors (Lipinski definition) is 2. The van der Waals surface area contributed by atoms with Gasteiger partial charge in [-0.2, -0.15) is 0 Å². The fourth-order valence-corrected chi connectivity index (χ4v) is 1.41. The molecule has 0 spiro atoms. The van der Waals surface area contributed by atoms with Gasteiger partial charge in [0.05, 0.1) is 5.60 Å².